The minimum atomic E-state index is -3.50. The van der Waals surface area contributed by atoms with Crippen LogP contribution in [0, 0.1) is 0 Å². The van der Waals surface area contributed by atoms with Crippen molar-refractivity contribution in [2.24, 2.45) is 0 Å². The van der Waals surface area contributed by atoms with Crippen molar-refractivity contribution < 1.29 is 13.2 Å². The summed E-state index contributed by atoms with van der Waals surface area (Å²) in [7, 11) is -3.50. The summed E-state index contributed by atoms with van der Waals surface area (Å²) in [4.78, 5) is 14.7. The summed E-state index contributed by atoms with van der Waals surface area (Å²) in [6.45, 7) is 9.01. The molecule has 1 aliphatic heterocycles. The Morgan fingerprint density at radius 1 is 0.903 bits per heavy atom. The zero-order chi connectivity index (χ0) is 22.4. The Balaban J connectivity index is 1.47. The van der Waals surface area contributed by atoms with Gasteiger partial charge in [0, 0.05) is 32.7 Å². The first-order valence-corrected chi connectivity index (χ1v) is 12.4. The molecule has 1 amide bonds. The van der Waals surface area contributed by atoms with Gasteiger partial charge in [-0.25, -0.2) is 8.42 Å². The summed E-state index contributed by atoms with van der Waals surface area (Å²) in [5, 5.41) is 3.00. The Hall–Kier alpha value is -2.22. The normalized spacial score (nSPS) is 16.9. The third-order valence-corrected chi connectivity index (χ3v) is 7.77. The van der Waals surface area contributed by atoms with E-state index in [4.69, 9.17) is 0 Å². The van der Waals surface area contributed by atoms with E-state index in [1.165, 1.54) is 9.87 Å². The van der Waals surface area contributed by atoms with E-state index in [0.29, 0.717) is 50.1 Å². The van der Waals surface area contributed by atoms with Crippen molar-refractivity contribution in [3.63, 3.8) is 0 Å². The van der Waals surface area contributed by atoms with Crippen molar-refractivity contribution >= 4 is 15.9 Å². The minimum absolute atomic E-state index is 0.0247. The van der Waals surface area contributed by atoms with Crippen molar-refractivity contribution in [3.8, 4) is 0 Å². The Morgan fingerprint density at radius 3 is 2.10 bits per heavy atom. The zero-order valence-electron chi connectivity index (χ0n) is 18.6. The van der Waals surface area contributed by atoms with Crippen LogP contribution >= 0.6 is 0 Å². The Bertz CT molecular complexity index is 951. The molecule has 1 atom stereocenters. The van der Waals surface area contributed by atoms with Gasteiger partial charge in [-0.2, -0.15) is 4.31 Å². The number of hydrogen-bond donors (Lipinski definition) is 1. The van der Waals surface area contributed by atoms with Gasteiger partial charge in [-0.3, -0.25) is 9.69 Å². The molecule has 168 valence electrons. The highest BCUT2D eigenvalue weighted by atomic mass is 32.2. The molecule has 0 aromatic heterocycles. The maximum absolute atomic E-state index is 12.9. The Labute approximate surface area is 186 Å². The van der Waals surface area contributed by atoms with Gasteiger partial charge < -0.3 is 5.32 Å². The minimum Gasteiger partial charge on any atom is -0.354 e. The number of rotatable bonds is 8. The molecule has 1 heterocycles. The van der Waals surface area contributed by atoms with E-state index in [2.05, 4.69) is 38.2 Å². The van der Waals surface area contributed by atoms with Crippen LogP contribution in [0.25, 0.3) is 0 Å². The molecule has 0 radical (unpaired) electrons. The van der Waals surface area contributed by atoms with Gasteiger partial charge in [0.05, 0.1) is 11.4 Å². The molecule has 1 saturated heterocycles. The summed E-state index contributed by atoms with van der Waals surface area (Å²) in [5.74, 6) is 0.583. The lowest BCUT2D eigenvalue weighted by molar-refractivity contribution is -0.122. The van der Waals surface area contributed by atoms with Crippen LogP contribution in [0.15, 0.2) is 59.5 Å². The van der Waals surface area contributed by atoms with E-state index in [0.717, 1.165) is 5.56 Å². The summed E-state index contributed by atoms with van der Waals surface area (Å²) < 4.78 is 27.4. The summed E-state index contributed by atoms with van der Waals surface area (Å²) in [5.41, 5.74) is 2.32. The van der Waals surface area contributed by atoms with Gasteiger partial charge >= 0.3 is 0 Å². The number of carbonyl (C=O) groups is 1. The lowest BCUT2D eigenvalue weighted by atomic mass is 10.0. The third kappa shape index (κ3) is 6.15. The molecule has 6 nitrogen and oxygen atoms in total. The van der Waals surface area contributed by atoms with Gasteiger partial charge in [0.1, 0.15) is 0 Å². The number of piperazine rings is 1. The third-order valence-electron chi connectivity index (χ3n) is 5.86. The molecule has 2 aromatic carbocycles. The van der Waals surface area contributed by atoms with E-state index < -0.39 is 10.0 Å². The van der Waals surface area contributed by atoms with Crippen LogP contribution < -0.4 is 5.32 Å². The summed E-state index contributed by atoms with van der Waals surface area (Å²) >= 11 is 0. The van der Waals surface area contributed by atoms with Crippen LogP contribution in [-0.2, 0) is 14.8 Å². The zero-order valence-corrected chi connectivity index (χ0v) is 19.4. The largest absolute Gasteiger partial charge is 0.354 e. The second kappa shape index (κ2) is 10.4. The fraction of sp³-hybridized carbons (Fsp3) is 0.458. The molecule has 1 aliphatic rings. The van der Waals surface area contributed by atoms with E-state index in [1.807, 2.05) is 35.2 Å². The first-order chi connectivity index (χ1) is 14.8. The van der Waals surface area contributed by atoms with E-state index in [1.54, 1.807) is 12.1 Å². The average Bonchev–Trinajstić information content (AvgIpc) is 2.78. The lowest BCUT2D eigenvalue weighted by Crippen LogP contribution is -2.51. The molecule has 0 spiro atoms. The van der Waals surface area contributed by atoms with Crippen LogP contribution in [-0.4, -0.2) is 62.8 Å². The Morgan fingerprint density at radius 2 is 1.52 bits per heavy atom. The van der Waals surface area contributed by atoms with Crippen molar-refractivity contribution in [3.05, 3.63) is 65.7 Å². The number of sulfonamides is 1. The van der Waals surface area contributed by atoms with E-state index in [9.17, 15) is 13.2 Å². The maximum Gasteiger partial charge on any atom is 0.243 e. The molecule has 0 unspecified atom stereocenters. The molecule has 1 N–H and O–H groups in total. The van der Waals surface area contributed by atoms with E-state index in [-0.39, 0.29) is 11.8 Å². The highest BCUT2D eigenvalue weighted by Gasteiger charge is 2.29. The fourth-order valence-corrected chi connectivity index (χ4v) is 5.15. The molecule has 1 fully saturated rings. The number of amides is 1. The molecule has 7 heteroatoms. The average molecular weight is 444 g/mol. The monoisotopic (exact) mass is 443 g/mol. The van der Waals surface area contributed by atoms with Crippen LogP contribution in [0.1, 0.15) is 43.7 Å². The molecule has 3 rings (SSSR count). The lowest BCUT2D eigenvalue weighted by Gasteiger charge is -2.33. The second-order valence-electron chi connectivity index (χ2n) is 8.52. The number of benzene rings is 2. The van der Waals surface area contributed by atoms with Crippen LogP contribution in [0.5, 0.6) is 0 Å². The Kier molecular flexibility index (Phi) is 7.86. The molecule has 31 heavy (non-hydrogen) atoms. The van der Waals surface area contributed by atoms with Crippen LogP contribution in [0.4, 0.5) is 0 Å². The number of carbonyl (C=O) groups excluding carboxylic acids is 1. The van der Waals surface area contributed by atoms with Gasteiger partial charge in [-0.1, -0.05) is 63.2 Å². The summed E-state index contributed by atoms with van der Waals surface area (Å²) in [6.07, 6.45) is 0. The summed E-state index contributed by atoms with van der Waals surface area (Å²) in [6, 6.07) is 17.3. The van der Waals surface area contributed by atoms with Gasteiger partial charge in [-0.15, -0.1) is 0 Å². The standard InChI is InChI=1S/C24H33N3O3S/c1-19(2)21-9-11-23(12-10-21)31(29,30)27-15-13-26(14-16-27)18-24(28)25-17-20(3)22-7-5-4-6-8-22/h4-12,19-20H,13-18H2,1-3H3,(H,25,28)/t20-/m1/s1. The predicted octanol–water partition coefficient (Wildman–Crippen LogP) is 3.04. The quantitative estimate of drug-likeness (QED) is 0.681. The van der Waals surface area contributed by atoms with Crippen molar-refractivity contribution in [1.82, 2.24) is 14.5 Å². The van der Waals surface area contributed by atoms with Gasteiger partial charge in [-0.05, 0) is 35.1 Å². The highest BCUT2D eigenvalue weighted by Crippen LogP contribution is 2.21. The number of nitrogens with zero attached hydrogens (tertiary/aromatic N) is 2. The van der Waals surface area contributed by atoms with Crippen molar-refractivity contribution in [2.75, 3.05) is 39.3 Å². The molecule has 2 aromatic rings. The molecule has 0 aliphatic carbocycles. The predicted molar refractivity (Wildman–Crippen MR) is 124 cm³/mol. The van der Waals surface area contributed by atoms with Gasteiger partial charge in [0.25, 0.3) is 0 Å². The first kappa shape index (κ1) is 23.4. The SMILES string of the molecule is CC(C)c1ccc(S(=O)(=O)N2CCN(CC(=O)NC[C@@H](C)c3ccccc3)CC2)cc1. The van der Waals surface area contributed by atoms with Gasteiger partial charge in [0.15, 0.2) is 0 Å². The molecule has 0 saturated carbocycles. The first-order valence-electron chi connectivity index (χ1n) is 10.9. The van der Waals surface area contributed by atoms with E-state index >= 15 is 0 Å². The van der Waals surface area contributed by atoms with Crippen molar-refractivity contribution in [2.45, 2.75) is 37.5 Å². The molecular weight excluding hydrogens is 410 g/mol. The smallest absolute Gasteiger partial charge is 0.243 e. The highest BCUT2D eigenvalue weighted by molar-refractivity contribution is 7.89. The number of nitrogens with one attached hydrogen (secondary N) is 1. The molecular formula is C24H33N3O3S. The van der Waals surface area contributed by atoms with Crippen molar-refractivity contribution in [1.29, 1.82) is 0 Å². The maximum atomic E-state index is 12.9. The van der Waals surface area contributed by atoms with Gasteiger partial charge in [0.2, 0.25) is 15.9 Å². The second-order valence-corrected chi connectivity index (χ2v) is 10.5. The fourth-order valence-electron chi connectivity index (χ4n) is 3.73. The van der Waals surface area contributed by atoms with Crippen LogP contribution in [0.2, 0.25) is 0 Å². The molecule has 0 bridgehead atoms. The number of hydrogen-bond acceptors (Lipinski definition) is 4. The topological polar surface area (TPSA) is 69.7 Å². The van der Waals surface area contributed by atoms with Crippen LogP contribution in [0.3, 0.4) is 0 Å².